The van der Waals surface area contributed by atoms with Crippen LogP contribution in [0.4, 0.5) is 0 Å². The lowest BCUT2D eigenvalue weighted by atomic mass is 11.8. The Bertz CT molecular complexity index is 43.7. The Morgan fingerprint density at radius 2 is 0.778 bits per heavy atom. The lowest BCUT2D eigenvalue weighted by molar-refractivity contribution is 1.71. The van der Waals surface area contributed by atoms with Gasteiger partial charge in [-0.1, -0.05) is 45.8 Å². The van der Waals surface area contributed by atoms with Gasteiger partial charge < -0.3 is 0 Å². The van der Waals surface area contributed by atoms with Gasteiger partial charge in [0.2, 0.25) is 0 Å². The molecule has 0 aromatic heterocycles. The van der Waals surface area contributed by atoms with E-state index in [1.807, 2.05) is 0 Å². The van der Waals surface area contributed by atoms with Crippen molar-refractivity contribution >= 4 is 16.9 Å². The van der Waals surface area contributed by atoms with Crippen molar-refractivity contribution in [1.82, 2.24) is 0 Å². The van der Waals surface area contributed by atoms with Crippen LogP contribution in [-0.4, -0.2) is 16.9 Å². The molecule has 0 aromatic rings. The zero-order valence-corrected chi connectivity index (χ0v) is 10.2. The summed E-state index contributed by atoms with van der Waals surface area (Å²) in [5.74, 6) is 0. The molecule has 0 atom stereocenters. The van der Waals surface area contributed by atoms with Crippen molar-refractivity contribution in [2.45, 2.75) is 45.8 Å². The van der Waals surface area contributed by atoms with Gasteiger partial charge in [-0.25, -0.2) is 0 Å². The van der Waals surface area contributed by atoms with Crippen molar-refractivity contribution < 1.29 is 0 Å². The van der Waals surface area contributed by atoms with E-state index in [4.69, 9.17) is 0 Å². The Hall–Kier alpha value is 0.434. The molecule has 0 aliphatic carbocycles. The predicted molar refractivity (Wildman–Crippen MR) is 54.0 cm³/mol. The first kappa shape index (κ1) is 12.1. The fourth-order valence-corrected chi connectivity index (χ4v) is 0. The second-order valence-electron chi connectivity index (χ2n) is 4.73. The van der Waals surface area contributed by atoms with Crippen molar-refractivity contribution in [3.63, 3.8) is 0 Å². The second-order valence-corrected chi connectivity index (χ2v) is 14.2. The third-order valence-corrected chi connectivity index (χ3v) is 0. The highest BCUT2D eigenvalue weighted by atomic mass is 28.3. The number of hydrogen-bond acceptors (Lipinski definition) is 0. The first-order valence-electron chi connectivity index (χ1n) is 3.73. The molecule has 0 heterocycles. The Morgan fingerprint density at radius 1 is 0.778 bits per heavy atom. The molecule has 9 heavy (non-hydrogen) atoms. The Kier molecular flexibility index (Phi) is 7.07. The van der Waals surface area contributed by atoms with Crippen molar-refractivity contribution in [3.05, 3.63) is 0 Å². The van der Waals surface area contributed by atoms with Gasteiger partial charge in [-0.05, 0) is 0 Å². The summed E-state index contributed by atoms with van der Waals surface area (Å²) in [7, 11) is -0.750. The third-order valence-electron chi connectivity index (χ3n) is 0. The third kappa shape index (κ3) is 1860. The first-order chi connectivity index (χ1) is 3.73. The van der Waals surface area contributed by atoms with Gasteiger partial charge in [-0.3, -0.25) is 0 Å². The van der Waals surface area contributed by atoms with Crippen LogP contribution < -0.4 is 0 Å². The fourth-order valence-electron chi connectivity index (χ4n) is 0. The van der Waals surface area contributed by atoms with E-state index in [0.717, 1.165) is 0 Å². The molecule has 0 aromatic carbocycles. The van der Waals surface area contributed by atoms with Crippen molar-refractivity contribution in [2.75, 3.05) is 0 Å². The van der Waals surface area contributed by atoms with Crippen molar-refractivity contribution in [2.24, 2.45) is 0 Å². The first-order valence-corrected chi connectivity index (χ1v) is 11.2. The quantitative estimate of drug-likeness (QED) is 0.480. The zero-order valence-electron chi connectivity index (χ0n) is 8.08. The van der Waals surface area contributed by atoms with E-state index in [0.29, 0.717) is 0 Å². The summed E-state index contributed by atoms with van der Waals surface area (Å²) in [6, 6.07) is 0. The molecular formula is C7H22Si2. The summed E-state index contributed by atoms with van der Waals surface area (Å²) in [5.41, 5.74) is 0. The monoisotopic (exact) mass is 162 g/mol. The van der Waals surface area contributed by atoms with Gasteiger partial charge in [0, 0.05) is 16.9 Å². The zero-order chi connectivity index (χ0) is 8.08. The van der Waals surface area contributed by atoms with E-state index in [-0.39, 0.29) is 8.80 Å². The van der Waals surface area contributed by atoms with Crippen LogP contribution >= 0.6 is 0 Å². The molecule has 0 saturated carbocycles. The molecule has 0 bridgehead atoms. The van der Waals surface area contributed by atoms with Crippen LogP contribution in [-0.2, 0) is 0 Å². The largest absolute Gasteiger partial charge is 0.0724 e. The normalized spacial score (nSPS) is 10.7. The summed E-state index contributed by atoms with van der Waals surface area (Å²) in [4.78, 5) is 0. The molecule has 0 spiro atoms. The summed E-state index contributed by atoms with van der Waals surface area (Å²) in [5, 5.41) is 0. The van der Waals surface area contributed by atoms with Crippen LogP contribution in [0.2, 0.25) is 45.8 Å². The van der Waals surface area contributed by atoms with Crippen LogP contribution in [0.25, 0.3) is 0 Å². The van der Waals surface area contributed by atoms with Gasteiger partial charge in [0.05, 0.1) is 0 Å². The van der Waals surface area contributed by atoms with E-state index in [2.05, 4.69) is 45.8 Å². The van der Waals surface area contributed by atoms with Crippen LogP contribution in [0.1, 0.15) is 0 Å². The molecular weight excluding hydrogens is 140 g/mol. The fraction of sp³-hybridized carbons (Fsp3) is 1.00. The average molecular weight is 162 g/mol. The SMILES string of the molecule is C[SiH](C)C.C[Si](C)(C)C. The second kappa shape index (κ2) is 5.24. The maximum absolute atomic E-state index is 2.33. The highest BCUT2D eigenvalue weighted by Gasteiger charge is 1.99. The summed E-state index contributed by atoms with van der Waals surface area (Å²) in [6.45, 7) is 16.2. The van der Waals surface area contributed by atoms with E-state index in [1.165, 1.54) is 0 Å². The van der Waals surface area contributed by atoms with Crippen molar-refractivity contribution in [3.8, 4) is 0 Å². The standard InChI is InChI=1S/C4H12Si.C3H10Si/c1-5(2,3)4;1-4(2)3/h1-4H3;4H,1-3H3. The lowest BCUT2D eigenvalue weighted by Gasteiger charge is -2.01. The molecule has 0 nitrogen and oxygen atoms in total. The molecule has 0 radical (unpaired) electrons. The van der Waals surface area contributed by atoms with Gasteiger partial charge in [-0.2, -0.15) is 0 Å². The minimum atomic E-state index is -0.611. The van der Waals surface area contributed by atoms with Gasteiger partial charge in [0.25, 0.3) is 0 Å². The average Bonchev–Trinajstić information content (AvgIpc) is 1.19. The van der Waals surface area contributed by atoms with E-state index in [1.54, 1.807) is 0 Å². The van der Waals surface area contributed by atoms with Gasteiger partial charge in [-0.15, -0.1) is 0 Å². The minimum absolute atomic E-state index is 0.139. The van der Waals surface area contributed by atoms with Crippen LogP contribution in [0.15, 0.2) is 0 Å². The number of rotatable bonds is 0. The molecule has 58 valence electrons. The molecule has 0 aliphatic heterocycles. The lowest BCUT2D eigenvalue weighted by Crippen LogP contribution is -2.10. The topological polar surface area (TPSA) is 0 Å². The Morgan fingerprint density at radius 3 is 0.778 bits per heavy atom. The minimum Gasteiger partial charge on any atom is -0.0724 e. The number of hydrogen-bond donors (Lipinski definition) is 0. The maximum atomic E-state index is 2.33. The van der Waals surface area contributed by atoms with E-state index >= 15 is 0 Å². The molecule has 2 heteroatoms. The summed E-state index contributed by atoms with van der Waals surface area (Å²) >= 11 is 0. The highest BCUT2D eigenvalue weighted by molar-refractivity contribution is 6.74. The smallest absolute Gasteiger partial charge is 0.0411 e. The molecule has 0 aliphatic rings. The predicted octanol–water partition coefficient (Wildman–Crippen LogP) is 3.06. The summed E-state index contributed by atoms with van der Waals surface area (Å²) in [6.07, 6.45) is 0. The Balaban J connectivity index is 0. The molecule has 0 amide bonds. The molecule has 0 N–H and O–H groups in total. The van der Waals surface area contributed by atoms with Crippen LogP contribution in [0, 0.1) is 0 Å². The molecule has 0 fully saturated rings. The van der Waals surface area contributed by atoms with Gasteiger partial charge >= 0.3 is 0 Å². The van der Waals surface area contributed by atoms with Crippen LogP contribution in [0.5, 0.6) is 0 Å². The van der Waals surface area contributed by atoms with Crippen molar-refractivity contribution in [1.29, 1.82) is 0 Å². The molecule has 0 saturated heterocycles. The maximum Gasteiger partial charge on any atom is 0.0411 e. The van der Waals surface area contributed by atoms with E-state index in [9.17, 15) is 0 Å². The summed E-state index contributed by atoms with van der Waals surface area (Å²) < 4.78 is 0. The van der Waals surface area contributed by atoms with Gasteiger partial charge in [0.15, 0.2) is 0 Å². The molecule has 0 rings (SSSR count). The van der Waals surface area contributed by atoms with Crippen LogP contribution in [0.3, 0.4) is 0 Å². The van der Waals surface area contributed by atoms with E-state index < -0.39 is 8.07 Å². The van der Waals surface area contributed by atoms with Gasteiger partial charge in [0.1, 0.15) is 0 Å². The highest BCUT2D eigenvalue weighted by Crippen LogP contribution is 1.94. The Labute approximate surface area is 63.3 Å². The molecule has 0 unspecified atom stereocenters.